The summed E-state index contributed by atoms with van der Waals surface area (Å²) < 4.78 is 43.1. The van der Waals surface area contributed by atoms with E-state index in [0.29, 0.717) is 22.3 Å². The van der Waals surface area contributed by atoms with Gasteiger partial charge in [0.15, 0.2) is 11.5 Å². The zero-order valence-corrected chi connectivity index (χ0v) is 16.7. The highest BCUT2D eigenvalue weighted by molar-refractivity contribution is 7.89. The highest BCUT2D eigenvalue weighted by atomic mass is 35.5. The molecule has 0 saturated heterocycles. The molecule has 2 aromatic carbocycles. The van der Waals surface area contributed by atoms with Crippen molar-refractivity contribution in [1.82, 2.24) is 4.72 Å². The fourth-order valence-corrected chi connectivity index (χ4v) is 3.54. The van der Waals surface area contributed by atoms with E-state index in [0.717, 1.165) is 11.1 Å². The number of benzene rings is 2. The Hall–Kier alpha value is -1.96. The van der Waals surface area contributed by atoms with Crippen LogP contribution in [0.2, 0.25) is 5.02 Å². The first-order valence-electron chi connectivity index (χ1n) is 7.89. The molecule has 0 radical (unpaired) electrons. The van der Waals surface area contributed by atoms with Crippen molar-refractivity contribution in [2.24, 2.45) is 0 Å². The fourth-order valence-electron chi connectivity index (χ4n) is 2.40. The van der Waals surface area contributed by atoms with Gasteiger partial charge in [0.1, 0.15) is 12.4 Å². The number of sulfonamides is 1. The van der Waals surface area contributed by atoms with E-state index in [-0.39, 0.29) is 18.0 Å². The Kier molecular flexibility index (Phi) is 6.75. The molecule has 2 aromatic rings. The molecule has 0 amide bonds. The van der Waals surface area contributed by atoms with Crippen LogP contribution in [0.4, 0.5) is 0 Å². The molecule has 0 spiro atoms. The van der Waals surface area contributed by atoms with E-state index >= 15 is 0 Å². The van der Waals surface area contributed by atoms with Gasteiger partial charge in [-0.3, -0.25) is 0 Å². The molecule has 6 nitrogen and oxygen atoms in total. The summed E-state index contributed by atoms with van der Waals surface area (Å²) in [6.07, 6.45) is 0. The highest BCUT2D eigenvalue weighted by Crippen LogP contribution is 2.29. The first-order valence-corrected chi connectivity index (χ1v) is 9.76. The van der Waals surface area contributed by atoms with Gasteiger partial charge in [0.25, 0.3) is 0 Å². The molecule has 142 valence electrons. The number of hydrogen-bond donors (Lipinski definition) is 1. The van der Waals surface area contributed by atoms with Crippen LogP contribution in [0.15, 0.2) is 35.2 Å². The minimum Gasteiger partial charge on any atom is -0.493 e. The van der Waals surface area contributed by atoms with Gasteiger partial charge in [-0.2, -0.15) is 0 Å². The maximum absolute atomic E-state index is 12.4. The Labute approximate surface area is 159 Å². The average molecular weight is 400 g/mol. The van der Waals surface area contributed by atoms with E-state index in [1.54, 1.807) is 6.07 Å². The number of rotatable bonds is 8. The van der Waals surface area contributed by atoms with Gasteiger partial charge in [-0.1, -0.05) is 11.6 Å². The van der Waals surface area contributed by atoms with Gasteiger partial charge >= 0.3 is 0 Å². The molecule has 0 heterocycles. The molecule has 0 aliphatic carbocycles. The van der Waals surface area contributed by atoms with Crippen molar-refractivity contribution in [3.63, 3.8) is 0 Å². The molecule has 0 aliphatic heterocycles. The van der Waals surface area contributed by atoms with Crippen molar-refractivity contribution < 1.29 is 22.6 Å². The zero-order chi connectivity index (χ0) is 19.3. The lowest BCUT2D eigenvalue weighted by molar-refractivity contribution is 0.322. The lowest BCUT2D eigenvalue weighted by Gasteiger charge is -2.12. The van der Waals surface area contributed by atoms with Crippen LogP contribution in [-0.2, 0) is 10.0 Å². The summed E-state index contributed by atoms with van der Waals surface area (Å²) >= 11 is 6.12. The van der Waals surface area contributed by atoms with E-state index < -0.39 is 10.0 Å². The summed E-state index contributed by atoms with van der Waals surface area (Å²) in [6, 6.07) is 8.05. The maximum Gasteiger partial charge on any atom is 0.240 e. The van der Waals surface area contributed by atoms with Crippen molar-refractivity contribution >= 4 is 21.6 Å². The van der Waals surface area contributed by atoms with E-state index in [1.807, 2.05) is 26.0 Å². The van der Waals surface area contributed by atoms with Gasteiger partial charge in [0.2, 0.25) is 10.0 Å². The summed E-state index contributed by atoms with van der Waals surface area (Å²) in [4.78, 5) is 0.0910. The zero-order valence-electron chi connectivity index (χ0n) is 15.1. The first kappa shape index (κ1) is 20.4. The lowest BCUT2D eigenvalue weighted by atomic mass is 10.1. The van der Waals surface area contributed by atoms with Crippen LogP contribution in [-0.4, -0.2) is 35.8 Å². The SMILES string of the molecule is COc1ccc(S(=O)(=O)NCCOc2cc(C)c(Cl)c(C)c2)cc1OC. The normalized spacial score (nSPS) is 11.3. The Morgan fingerprint density at radius 1 is 1.00 bits per heavy atom. The number of ether oxygens (including phenoxy) is 3. The predicted octanol–water partition coefficient (Wildman–Crippen LogP) is 3.33. The predicted molar refractivity (Wildman–Crippen MR) is 101 cm³/mol. The molecule has 0 saturated carbocycles. The summed E-state index contributed by atoms with van der Waals surface area (Å²) in [7, 11) is -0.744. The van der Waals surface area contributed by atoms with E-state index in [2.05, 4.69) is 4.72 Å². The van der Waals surface area contributed by atoms with Gasteiger partial charge in [-0.15, -0.1) is 0 Å². The molecule has 8 heteroatoms. The highest BCUT2D eigenvalue weighted by Gasteiger charge is 2.16. The van der Waals surface area contributed by atoms with Crippen molar-refractivity contribution in [3.05, 3.63) is 46.5 Å². The molecule has 0 bridgehead atoms. The smallest absolute Gasteiger partial charge is 0.240 e. The Bertz CT molecular complexity index is 860. The van der Waals surface area contributed by atoms with Crippen molar-refractivity contribution in [3.8, 4) is 17.2 Å². The van der Waals surface area contributed by atoms with Crippen LogP contribution in [0.5, 0.6) is 17.2 Å². The number of halogens is 1. The summed E-state index contributed by atoms with van der Waals surface area (Å²) in [5.74, 6) is 1.46. The van der Waals surface area contributed by atoms with Crippen LogP contribution in [0, 0.1) is 13.8 Å². The lowest BCUT2D eigenvalue weighted by Crippen LogP contribution is -2.28. The van der Waals surface area contributed by atoms with E-state index in [1.165, 1.54) is 26.4 Å². The summed E-state index contributed by atoms with van der Waals surface area (Å²) in [5.41, 5.74) is 1.82. The third-order valence-corrected chi connectivity index (χ3v) is 5.79. The average Bonchev–Trinajstić information content (AvgIpc) is 2.62. The summed E-state index contributed by atoms with van der Waals surface area (Å²) in [5, 5.41) is 0.700. The Morgan fingerprint density at radius 3 is 2.19 bits per heavy atom. The minimum absolute atomic E-state index is 0.0910. The molecule has 0 aromatic heterocycles. The largest absolute Gasteiger partial charge is 0.493 e. The van der Waals surface area contributed by atoms with Gasteiger partial charge in [-0.25, -0.2) is 13.1 Å². The molecule has 0 unspecified atom stereocenters. The summed E-state index contributed by atoms with van der Waals surface area (Å²) in [6.45, 7) is 4.09. The Morgan fingerprint density at radius 2 is 1.62 bits per heavy atom. The number of aryl methyl sites for hydroxylation is 2. The first-order chi connectivity index (χ1) is 12.3. The molecular weight excluding hydrogens is 378 g/mol. The van der Waals surface area contributed by atoms with E-state index in [9.17, 15) is 8.42 Å². The van der Waals surface area contributed by atoms with E-state index in [4.69, 9.17) is 25.8 Å². The molecule has 2 rings (SSSR count). The van der Waals surface area contributed by atoms with Gasteiger partial charge < -0.3 is 14.2 Å². The van der Waals surface area contributed by atoms with Crippen LogP contribution < -0.4 is 18.9 Å². The van der Waals surface area contributed by atoms with Crippen LogP contribution in [0.1, 0.15) is 11.1 Å². The fraction of sp³-hybridized carbons (Fsp3) is 0.333. The topological polar surface area (TPSA) is 73.9 Å². The maximum atomic E-state index is 12.4. The van der Waals surface area contributed by atoms with Gasteiger partial charge in [-0.05, 0) is 49.2 Å². The van der Waals surface area contributed by atoms with Gasteiger partial charge in [0.05, 0.1) is 19.1 Å². The van der Waals surface area contributed by atoms with Crippen molar-refractivity contribution in [1.29, 1.82) is 0 Å². The molecule has 0 atom stereocenters. The van der Waals surface area contributed by atoms with Crippen molar-refractivity contribution in [2.45, 2.75) is 18.7 Å². The van der Waals surface area contributed by atoms with Crippen molar-refractivity contribution in [2.75, 3.05) is 27.4 Å². The third-order valence-electron chi connectivity index (χ3n) is 3.74. The Balaban J connectivity index is 1.98. The third kappa shape index (κ3) is 4.81. The van der Waals surface area contributed by atoms with Crippen LogP contribution >= 0.6 is 11.6 Å². The minimum atomic E-state index is -3.68. The molecular formula is C18H22ClNO5S. The molecule has 1 N–H and O–H groups in total. The standard InChI is InChI=1S/C18H22ClNO5S/c1-12-9-14(10-13(2)18(12)19)25-8-7-20-26(21,22)15-5-6-16(23-3)17(11-15)24-4/h5-6,9-11,20H,7-8H2,1-4H3. The molecule has 0 aliphatic rings. The second kappa shape index (κ2) is 8.62. The number of hydrogen-bond acceptors (Lipinski definition) is 5. The second-order valence-electron chi connectivity index (χ2n) is 5.63. The second-order valence-corrected chi connectivity index (χ2v) is 7.78. The molecule has 26 heavy (non-hydrogen) atoms. The molecule has 0 fully saturated rings. The number of nitrogens with one attached hydrogen (secondary N) is 1. The van der Waals surface area contributed by atoms with Crippen LogP contribution in [0.3, 0.4) is 0 Å². The monoisotopic (exact) mass is 399 g/mol. The quantitative estimate of drug-likeness (QED) is 0.689. The van der Waals surface area contributed by atoms with Gasteiger partial charge in [0, 0.05) is 17.6 Å². The number of methoxy groups -OCH3 is 2. The van der Waals surface area contributed by atoms with Crippen LogP contribution in [0.25, 0.3) is 0 Å².